The third-order valence-electron chi connectivity index (χ3n) is 7.21. The standard InChI is InChI=1S/C26H38ClN5O3S/c1-26(15-8-7-9-16-26)23-22(27)25-28-24(30-32(25)29-23)20-13-12-14-21(19-20)31-36(33,34)18-11-6-4-3-5-10-17-35-2/h12-14,19,29,31H,3-11,15-18H2,1-2H3. The number of aromatic nitrogens is 4. The van der Waals surface area contributed by atoms with E-state index in [9.17, 15) is 8.42 Å². The number of hydrogen-bond acceptors (Lipinski definition) is 5. The molecule has 1 aliphatic carbocycles. The first-order chi connectivity index (χ1) is 17.3. The van der Waals surface area contributed by atoms with Gasteiger partial charge in [-0.2, -0.15) is 4.63 Å². The van der Waals surface area contributed by atoms with E-state index in [4.69, 9.17) is 16.3 Å². The first-order valence-corrected chi connectivity index (χ1v) is 15.1. The van der Waals surface area contributed by atoms with Crippen LogP contribution in [0.3, 0.4) is 0 Å². The summed E-state index contributed by atoms with van der Waals surface area (Å²) in [6.07, 6.45) is 11.7. The van der Waals surface area contributed by atoms with E-state index in [2.05, 4.69) is 26.8 Å². The fourth-order valence-electron chi connectivity index (χ4n) is 5.10. The van der Waals surface area contributed by atoms with E-state index >= 15 is 0 Å². The Labute approximate surface area is 219 Å². The molecule has 4 rings (SSSR count). The van der Waals surface area contributed by atoms with Crippen molar-refractivity contribution in [3.05, 3.63) is 35.0 Å². The minimum Gasteiger partial charge on any atom is -0.385 e. The first kappa shape index (κ1) is 26.9. The first-order valence-electron chi connectivity index (χ1n) is 13.1. The predicted octanol–water partition coefficient (Wildman–Crippen LogP) is 6.33. The Morgan fingerprint density at radius 1 is 1.11 bits per heavy atom. The summed E-state index contributed by atoms with van der Waals surface area (Å²) in [7, 11) is -1.71. The van der Waals surface area contributed by atoms with E-state index in [0.29, 0.717) is 28.6 Å². The van der Waals surface area contributed by atoms with Gasteiger partial charge >= 0.3 is 0 Å². The average molecular weight is 536 g/mol. The minimum absolute atomic E-state index is 0.0140. The highest BCUT2D eigenvalue weighted by Crippen LogP contribution is 2.42. The monoisotopic (exact) mass is 535 g/mol. The number of benzene rings is 1. The molecule has 1 aromatic carbocycles. The number of nitrogens with zero attached hydrogens (tertiary/aromatic N) is 3. The van der Waals surface area contributed by atoms with Crippen molar-refractivity contribution in [1.82, 2.24) is 19.8 Å². The number of anilines is 1. The molecule has 2 N–H and O–H groups in total. The second-order valence-corrected chi connectivity index (χ2v) is 12.4. The van der Waals surface area contributed by atoms with Crippen LogP contribution in [0.1, 0.15) is 83.2 Å². The number of nitrogens with one attached hydrogen (secondary N) is 2. The highest BCUT2D eigenvalue weighted by molar-refractivity contribution is 7.92. The van der Waals surface area contributed by atoms with E-state index in [1.165, 1.54) is 19.3 Å². The van der Waals surface area contributed by atoms with Crippen LogP contribution < -0.4 is 4.72 Å². The maximum atomic E-state index is 12.6. The van der Waals surface area contributed by atoms with Gasteiger partial charge in [0.2, 0.25) is 10.0 Å². The largest absolute Gasteiger partial charge is 0.385 e. The molecule has 36 heavy (non-hydrogen) atoms. The van der Waals surface area contributed by atoms with Gasteiger partial charge < -0.3 is 4.74 Å². The molecule has 1 saturated carbocycles. The van der Waals surface area contributed by atoms with Crippen molar-refractivity contribution >= 4 is 33.0 Å². The molecule has 0 aliphatic heterocycles. The summed E-state index contributed by atoms with van der Waals surface area (Å²) >= 11 is 6.75. The molecule has 0 spiro atoms. The lowest BCUT2D eigenvalue weighted by atomic mass is 9.73. The van der Waals surface area contributed by atoms with Gasteiger partial charge in [0.05, 0.1) is 11.4 Å². The third-order valence-corrected chi connectivity index (χ3v) is 8.94. The van der Waals surface area contributed by atoms with Crippen molar-refractivity contribution in [2.24, 2.45) is 0 Å². The van der Waals surface area contributed by atoms with Gasteiger partial charge in [0, 0.05) is 30.4 Å². The second-order valence-electron chi connectivity index (χ2n) is 10.2. The summed E-state index contributed by atoms with van der Waals surface area (Å²) in [5.41, 5.74) is 2.85. The predicted molar refractivity (Wildman–Crippen MR) is 145 cm³/mol. The SMILES string of the molecule is COCCCCCCCCS(=O)(=O)Nc1cccc(-c2nc3c(Cl)c(C4(C)CCCCC4)[nH]n3n2)c1. The number of hydrogen-bond donors (Lipinski definition) is 2. The Kier molecular flexibility index (Phi) is 8.96. The molecule has 2 heterocycles. The Bertz CT molecular complexity index is 1250. The van der Waals surface area contributed by atoms with Crippen molar-refractivity contribution in [2.45, 2.75) is 83.0 Å². The Balaban J connectivity index is 1.37. The van der Waals surface area contributed by atoms with E-state index in [-0.39, 0.29) is 11.2 Å². The number of sulfonamides is 1. The van der Waals surface area contributed by atoms with Crippen LogP contribution in [-0.2, 0) is 20.2 Å². The van der Waals surface area contributed by atoms with Gasteiger partial charge in [0.25, 0.3) is 0 Å². The zero-order valence-electron chi connectivity index (χ0n) is 21.4. The average Bonchev–Trinajstić information content (AvgIpc) is 3.41. The van der Waals surface area contributed by atoms with E-state index in [1.54, 1.807) is 29.9 Å². The fraction of sp³-hybridized carbons (Fsp3) is 0.615. The normalized spacial score (nSPS) is 16.0. The molecule has 0 unspecified atom stereocenters. The van der Waals surface area contributed by atoms with Crippen LogP contribution in [0.5, 0.6) is 0 Å². The van der Waals surface area contributed by atoms with Gasteiger partial charge in [-0.15, -0.1) is 5.10 Å². The van der Waals surface area contributed by atoms with E-state index in [0.717, 1.165) is 62.8 Å². The van der Waals surface area contributed by atoms with Gasteiger partial charge in [0.1, 0.15) is 5.02 Å². The van der Waals surface area contributed by atoms with E-state index < -0.39 is 10.0 Å². The third kappa shape index (κ3) is 6.61. The number of ether oxygens (including phenoxy) is 1. The van der Waals surface area contributed by atoms with Crippen LogP contribution in [0, 0.1) is 0 Å². The zero-order valence-corrected chi connectivity index (χ0v) is 22.9. The molecular formula is C26H38ClN5O3S. The molecule has 198 valence electrons. The molecule has 10 heteroatoms. The number of aromatic amines is 1. The molecule has 1 fully saturated rings. The number of rotatable bonds is 13. The van der Waals surface area contributed by atoms with Crippen LogP contribution in [-0.4, -0.2) is 47.7 Å². The summed E-state index contributed by atoms with van der Waals surface area (Å²) in [6, 6.07) is 7.18. The highest BCUT2D eigenvalue weighted by Gasteiger charge is 2.34. The summed E-state index contributed by atoms with van der Waals surface area (Å²) in [5, 5.41) is 8.58. The van der Waals surface area contributed by atoms with Gasteiger partial charge in [-0.1, -0.05) is 75.6 Å². The topological polar surface area (TPSA) is 101 Å². The molecule has 8 nitrogen and oxygen atoms in total. The van der Waals surface area contributed by atoms with Crippen LogP contribution >= 0.6 is 11.6 Å². The molecule has 0 bridgehead atoms. The van der Waals surface area contributed by atoms with Crippen molar-refractivity contribution in [2.75, 3.05) is 24.2 Å². The van der Waals surface area contributed by atoms with Crippen molar-refractivity contribution < 1.29 is 13.2 Å². The Hall–Kier alpha value is -2.10. The van der Waals surface area contributed by atoms with E-state index in [1.807, 2.05) is 6.07 Å². The maximum absolute atomic E-state index is 12.6. The van der Waals surface area contributed by atoms with Crippen LogP contribution in [0.25, 0.3) is 17.0 Å². The Morgan fingerprint density at radius 2 is 1.83 bits per heavy atom. The summed E-state index contributed by atoms with van der Waals surface area (Å²) < 4.78 is 34.6. The summed E-state index contributed by atoms with van der Waals surface area (Å²) in [4.78, 5) is 4.67. The van der Waals surface area contributed by atoms with Crippen molar-refractivity contribution in [1.29, 1.82) is 0 Å². The van der Waals surface area contributed by atoms with Crippen LogP contribution in [0.2, 0.25) is 5.02 Å². The van der Waals surface area contributed by atoms with Gasteiger partial charge in [-0.3, -0.25) is 9.82 Å². The zero-order chi connectivity index (χ0) is 25.6. The lowest BCUT2D eigenvalue weighted by molar-refractivity contribution is 0.192. The molecule has 3 aromatic rings. The quantitative estimate of drug-likeness (QED) is 0.249. The molecule has 0 atom stereocenters. The molecule has 0 amide bonds. The lowest BCUT2D eigenvalue weighted by Gasteiger charge is -2.32. The van der Waals surface area contributed by atoms with Crippen molar-refractivity contribution in [3.63, 3.8) is 0 Å². The summed E-state index contributed by atoms with van der Waals surface area (Å²) in [6.45, 7) is 3.04. The van der Waals surface area contributed by atoms with Crippen molar-refractivity contribution in [3.8, 4) is 11.4 Å². The molecule has 1 aliphatic rings. The molecular weight excluding hydrogens is 498 g/mol. The molecule has 0 saturated heterocycles. The maximum Gasteiger partial charge on any atom is 0.232 e. The minimum atomic E-state index is -3.42. The fourth-order valence-corrected chi connectivity index (χ4v) is 6.67. The van der Waals surface area contributed by atoms with Gasteiger partial charge in [-0.25, -0.2) is 13.4 Å². The second kappa shape index (κ2) is 12.0. The highest BCUT2D eigenvalue weighted by atomic mass is 35.5. The molecule has 2 aromatic heterocycles. The van der Waals surface area contributed by atoms with Crippen LogP contribution in [0.15, 0.2) is 24.3 Å². The van der Waals surface area contributed by atoms with Gasteiger partial charge in [0.15, 0.2) is 11.5 Å². The summed E-state index contributed by atoms with van der Waals surface area (Å²) in [5.74, 6) is 0.607. The number of unbranched alkanes of at least 4 members (excludes halogenated alkanes) is 5. The van der Waals surface area contributed by atoms with Gasteiger partial charge in [-0.05, 0) is 37.8 Å². The number of fused-ring (bicyclic) bond motifs is 1. The number of halogens is 1. The lowest BCUT2D eigenvalue weighted by Crippen LogP contribution is -2.26. The van der Waals surface area contributed by atoms with Crippen LogP contribution in [0.4, 0.5) is 5.69 Å². The number of methoxy groups -OCH3 is 1. The molecule has 0 radical (unpaired) electrons. The Morgan fingerprint density at radius 3 is 2.56 bits per heavy atom. The smallest absolute Gasteiger partial charge is 0.232 e. The number of H-pyrrole nitrogens is 1.